The van der Waals surface area contributed by atoms with Crippen molar-refractivity contribution in [1.82, 2.24) is 4.90 Å². The molecule has 2 nitrogen and oxygen atoms in total. The summed E-state index contributed by atoms with van der Waals surface area (Å²) >= 11 is 0. The Hall–Kier alpha value is -0.370. The van der Waals surface area contributed by atoms with E-state index in [4.69, 9.17) is 0 Å². The van der Waals surface area contributed by atoms with Gasteiger partial charge in [-0.3, -0.25) is 9.69 Å². The molecule has 1 aliphatic heterocycles. The van der Waals surface area contributed by atoms with Gasteiger partial charge in [0, 0.05) is 0 Å². The van der Waals surface area contributed by atoms with Crippen LogP contribution < -0.4 is 0 Å². The highest BCUT2D eigenvalue weighted by molar-refractivity contribution is 5.85. The molecular weight excluding hydrogens is 186 g/mol. The summed E-state index contributed by atoms with van der Waals surface area (Å²) in [6.45, 7) is 8.31. The van der Waals surface area contributed by atoms with E-state index in [1.807, 2.05) is 0 Å². The third-order valence-electron chi connectivity index (χ3n) is 3.83. The summed E-state index contributed by atoms with van der Waals surface area (Å²) in [5, 5.41) is 0. The van der Waals surface area contributed by atoms with E-state index in [1.54, 1.807) is 6.92 Å². The van der Waals surface area contributed by atoms with Gasteiger partial charge in [-0.15, -0.1) is 0 Å². The average Bonchev–Trinajstić information content (AvgIpc) is 2.21. The van der Waals surface area contributed by atoms with Crippen molar-refractivity contribution in [2.45, 2.75) is 64.8 Å². The lowest BCUT2D eigenvalue weighted by atomic mass is 9.85. The molecule has 0 N–H and O–H groups in total. The Kier molecular flexibility index (Phi) is 4.78. The summed E-state index contributed by atoms with van der Waals surface area (Å²) in [4.78, 5) is 14.1. The van der Waals surface area contributed by atoms with Crippen LogP contribution in [0.25, 0.3) is 0 Å². The third-order valence-corrected chi connectivity index (χ3v) is 3.83. The minimum Gasteiger partial charge on any atom is -0.298 e. The van der Waals surface area contributed by atoms with Crippen LogP contribution in [-0.2, 0) is 4.79 Å². The highest BCUT2D eigenvalue weighted by Crippen LogP contribution is 2.28. The maximum Gasteiger partial charge on any atom is 0.149 e. The van der Waals surface area contributed by atoms with Crippen molar-refractivity contribution in [3.05, 3.63) is 0 Å². The lowest BCUT2D eigenvalue weighted by Gasteiger charge is -2.43. The van der Waals surface area contributed by atoms with Gasteiger partial charge in [0.05, 0.1) is 5.54 Å². The van der Waals surface area contributed by atoms with Crippen molar-refractivity contribution >= 4 is 5.78 Å². The van der Waals surface area contributed by atoms with Crippen LogP contribution in [0.3, 0.4) is 0 Å². The first-order chi connectivity index (χ1) is 7.11. The highest BCUT2D eigenvalue weighted by Gasteiger charge is 2.37. The lowest BCUT2D eigenvalue weighted by molar-refractivity contribution is -0.130. The van der Waals surface area contributed by atoms with Gasteiger partial charge in [0.25, 0.3) is 0 Å². The van der Waals surface area contributed by atoms with E-state index in [2.05, 4.69) is 18.7 Å². The van der Waals surface area contributed by atoms with Crippen molar-refractivity contribution in [2.24, 2.45) is 0 Å². The number of hydrogen-bond donors (Lipinski definition) is 0. The van der Waals surface area contributed by atoms with Crippen LogP contribution in [0, 0.1) is 0 Å². The smallest absolute Gasteiger partial charge is 0.149 e. The first-order valence-corrected chi connectivity index (χ1v) is 6.37. The number of rotatable bonds is 5. The summed E-state index contributed by atoms with van der Waals surface area (Å²) in [6, 6.07) is 0. The van der Waals surface area contributed by atoms with E-state index in [9.17, 15) is 4.79 Å². The van der Waals surface area contributed by atoms with Crippen molar-refractivity contribution in [3.8, 4) is 0 Å². The molecule has 0 saturated carbocycles. The second-order valence-electron chi connectivity index (χ2n) is 4.98. The van der Waals surface area contributed by atoms with Gasteiger partial charge in [-0.2, -0.15) is 0 Å². The highest BCUT2D eigenvalue weighted by atomic mass is 16.1. The zero-order valence-corrected chi connectivity index (χ0v) is 10.5. The number of hydrogen-bond acceptors (Lipinski definition) is 2. The van der Waals surface area contributed by atoms with E-state index < -0.39 is 0 Å². The van der Waals surface area contributed by atoms with Crippen LogP contribution in [0.4, 0.5) is 0 Å². The summed E-state index contributed by atoms with van der Waals surface area (Å²) in [5.74, 6) is 0.346. The van der Waals surface area contributed by atoms with Crippen molar-refractivity contribution in [3.63, 3.8) is 0 Å². The second-order valence-corrected chi connectivity index (χ2v) is 4.98. The largest absolute Gasteiger partial charge is 0.298 e. The second kappa shape index (κ2) is 5.64. The molecule has 1 saturated heterocycles. The molecule has 0 spiro atoms. The normalized spacial score (nSPS) is 27.9. The molecule has 1 unspecified atom stereocenters. The lowest BCUT2D eigenvalue weighted by Crippen LogP contribution is -2.54. The molecule has 1 heterocycles. The molecule has 0 aromatic rings. The molecule has 1 aliphatic rings. The van der Waals surface area contributed by atoms with Crippen LogP contribution in [0.5, 0.6) is 0 Å². The molecule has 0 amide bonds. The first kappa shape index (κ1) is 12.7. The minimum atomic E-state index is -0.161. The summed E-state index contributed by atoms with van der Waals surface area (Å²) in [6.07, 6.45) is 7.29. The predicted molar refractivity (Wildman–Crippen MR) is 64.0 cm³/mol. The number of carbonyl (C=O) groups is 1. The van der Waals surface area contributed by atoms with Gasteiger partial charge in [-0.1, -0.05) is 19.8 Å². The fraction of sp³-hybridized carbons (Fsp3) is 0.923. The molecule has 88 valence electrons. The first-order valence-electron chi connectivity index (χ1n) is 6.37. The Morgan fingerprint density at radius 2 is 2.07 bits per heavy atom. The molecule has 1 atom stereocenters. The van der Waals surface area contributed by atoms with Crippen LogP contribution >= 0.6 is 0 Å². The van der Waals surface area contributed by atoms with Crippen LogP contribution in [0.15, 0.2) is 0 Å². The van der Waals surface area contributed by atoms with Gasteiger partial charge in [-0.25, -0.2) is 0 Å². The molecule has 15 heavy (non-hydrogen) atoms. The fourth-order valence-corrected chi connectivity index (χ4v) is 2.49. The zero-order valence-electron chi connectivity index (χ0n) is 10.5. The summed E-state index contributed by atoms with van der Waals surface area (Å²) in [7, 11) is 0. The van der Waals surface area contributed by atoms with Crippen LogP contribution in [0.1, 0.15) is 59.3 Å². The summed E-state index contributed by atoms with van der Waals surface area (Å²) in [5.41, 5.74) is -0.161. The molecule has 0 radical (unpaired) electrons. The molecule has 0 bridgehead atoms. The Bertz CT molecular complexity index is 215. The van der Waals surface area contributed by atoms with Crippen LogP contribution in [0.2, 0.25) is 0 Å². The van der Waals surface area contributed by atoms with E-state index in [1.165, 1.54) is 32.1 Å². The number of likely N-dealkylation sites (tertiary alicyclic amines) is 1. The van der Waals surface area contributed by atoms with Gasteiger partial charge in [0.15, 0.2) is 0 Å². The van der Waals surface area contributed by atoms with Gasteiger partial charge in [0.1, 0.15) is 5.78 Å². The predicted octanol–water partition coefficient (Wildman–Crippen LogP) is 3.01. The Balaban J connectivity index is 2.53. The maximum atomic E-state index is 11.7. The van der Waals surface area contributed by atoms with Gasteiger partial charge < -0.3 is 0 Å². The fourth-order valence-electron chi connectivity index (χ4n) is 2.49. The molecular formula is C13H25NO. The number of carbonyl (C=O) groups excluding carboxylic acids is 1. The molecule has 0 aromatic heterocycles. The quantitative estimate of drug-likeness (QED) is 0.652. The monoisotopic (exact) mass is 211 g/mol. The maximum absolute atomic E-state index is 11.7. The van der Waals surface area contributed by atoms with Gasteiger partial charge in [0.2, 0.25) is 0 Å². The zero-order chi connectivity index (χ0) is 11.3. The topological polar surface area (TPSA) is 20.3 Å². The number of Topliss-reactive ketones (excluding diaryl/α,β-unsaturated/α-hetero) is 1. The Labute approximate surface area is 94.0 Å². The van der Waals surface area contributed by atoms with Gasteiger partial charge in [-0.05, 0) is 52.6 Å². The average molecular weight is 211 g/mol. The van der Waals surface area contributed by atoms with E-state index in [0.717, 1.165) is 19.5 Å². The van der Waals surface area contributed by atoms with E-state index in [-0.39, 0.29) is 5.54 Å². The van der Waals surface area contributed by atoms with Gasteiger partial charge >= 0.3 is 0 Å². The SMILES string of the molecule is CCCCCN1CCCCC1(C)C(C)=O. The van der Waals surface area contributed by atoms with Crippen molar-refractivity contribution < 1.29 is 4.79 Å². The minimum absolute atomic E-state index is 0.161. The number of nitrogens with zero attached hydrogens (tertiary/aromatic N) is 1. The molecule has 2 heteroatoms. The number of ketones is 1. The van der Waals surface area contributed by atoms with Crippen molar-refractivity contribution in [2.75, 3.05) is 13.1 Å². The summed E-state index contributed by atoms with van der Waals surface area (Å²) < 4.78 is 0. The Morgan fingerprint density at radius 1 is 1.33 bits per heavy atom. The standard InChI is InChI=1S/C13H25NO/c1-4-5-7-10-14-11-8-6-9-13(14,3)12(2)15/h4-11H2,1-3H3. The molecule has 1 fully saturated rings. The van der Waals surface area contributed by atoms with E-state index >= 15 is 0 Å². The molecule has 0 aliphatic carbocycles. The van der Waals surface area contributed by atoms with Crippen LogP contribution in [-0.4, -0.2) is 29.3 Å². The number of piperidine rings is 1. The van der Waals surface area contributed by atoms with Crippen molar-refractivity contribution in [1.29, 1.82) is 0 Å². The molecule has 0 aromatic carbocycles. The molecule has 1 rings (SSSR count). The Morgan fingerprint density at radius 3 is 2.67 bits per heavy atom. The number of unbranched alkanes of at least 4 members (excludes halogenated alkanes) is 2. The van der Waals surface area contributed by atoms with E-state index in [0.29, 0.717) is 5.78 Å². The third kappa shape index (κ3) is 3.04.